The molecule has 0 radical (unpaired) electrons. The zero-order valence-corrected chi connectivity index (χ0v) is 12.1. The average Bonchev–Trinajstić information content (AvgIpc) is 3.04. The minimum atomic E-state index is 0. The van der Waals surface area contributed by atoms with Gasteiger partial charge < -0.3 is 10.6 Å². The van der Waals surface area contributed by atoms with E-state index in [4.69, 9.17) is 0 Å². The van der Waals surface area contributed by atoms with Crippen LogP contribution in [0.2, 0.25) is 0 Å². The van der Waals surface area contributed by atoms with Gasteiger partial charge in [0.05, 0.1) is 0 Å². The van der Waals surface area contributed by atoms with Crippen LogP contribution in [0.15, 0.2) is 18.2 Å². The molecule has 2 aliphatic rings. The van der Waals surface area contributed by atoms with Gasteiger partial charge >= 0.3 is 0 Å². The SMILES string of the molecule is CCC1(CNC(=O)c2ccc3c(c2)CNC3)CC1.Cl. The van der Waals surface area contributed by atoms with E-state index in [9.17, 15) is 4.79 Å². The molecular formula is C15H21ClN2O. The Bertz CT molecular complexity index is 483. The Hall–Kier alpha value is -1.06. The highest BCUT2D eigenvalue weighted by molar-refractivity contribution is 5.94. The lowest BCUT2D eigenvalue weighted by Crippen LogP contribution is -2.30. The van der Waals surface area contributed by atoms with Crippen LogP contribution in [0.4, 0.5) is 0 Å². The number of halogens is 1. The van der Waals surface area contributed by atoms with E-state index in [1.54, 1.807) is 0 Å². The van der Waals surface area contributed by atoms with Crippen molar-refractivity contribution in [2.45, 2.75) is 39.3 Å². The molecule has 1 heterocycles. The molecule has 1 saturated carbocycles. The summed E-state index contributed by atoms with van der Waals surface area (Å²) in [7, 11) is 0. The summed E-state index contributed by atoms with van der Waals surface area (Å²) in [6.45, 7) is 4.85. The van der Waals surface area contributed by atoms with E-state index < -0.39 is 0 Å². The first-order valence-corrected chi connectivity index (χ1v) is 6.83. The molecule has 19 heavy (non-hydrogen) atoms. The van der Waals surface area contributed by atoms with Gasteiger partial charge in [0.25, 0.3) is 5.91 Å². The van der Waals surface area contributed by atoms with Crippen molar-refractivity contribution in [1.29, 1.82) is 0 Å². The third-order valence-corrected chi connectivity index (χ3v) is 4.43. The summed E-state index contributed by atoms with van der Waals surface area (Å²) in [5.74, 6) is 0.0735. The second kappa shape index (κ2) is 5.51. The lowest BCUT2D eigenvalue weighted by molar-refractivity contribution is 0.0944. The van der Waals surface area contributed by atoms with Gasteiger partial charge in [-0.3, -0.25) is 4.79 Å². The molecule has 1 amide bonds. The molecule has 0 aromatic heterocycles. The molecule has 1 aliphatic heterocycles. The van der Waals surface area contributed by atoms with Crippen LogP contribution in [0.25, 0.3) is 0 Å². The number of fused-ring (bicyclic) bond motifs is 1. The number of amides is 1. The maximum absolute atomic E-state index is 12.1. The number of benzene rings is 1. The molecule has 0 saturated heterocycles. The second-order valence-corrected chi connectivity index (χ2v) is 5.62. The fourth-order valence-electron chi connectivity index (χ4n) is 2.64. The van der Waals surface area contributed by atoms with Crippen LogP contribution >= 0.6 is 12.4 Å². The van der Waals surface area contributed by atoms with Crippen molar-refractivity contribution in [2.75, 3.05) is 6.54 Å². The molecule has 104 valence electrons. The van der Waals surface area contributed by atoms with E-state index in [0.29, 0.717) is 5.41 Å². The standard InChI is InChI=1S/C15H20N2O.ClH/c1-2-15(5-6-15)10-17-14(18)11-3-4-12-8-16-9-13(12)7-11;/h3-4,7,16H,2,5-6,8-10H2,1H3,(H,17,18);1H. The van der Waals surface area contributed by atoms with Gasteiger partial charge in [-0.05, 0) is 47.9 Å². The zero-order valence-electron chi connectivity index (χ0n) is 11.3. The average molecular weight is 281 g/mol. The van der Waals surface area contributed by atoms with Gasteiger partial charge in [-0.2, -0.15) is 0 Å². The third-order valence-electron chi connectivity index (χ3n) is 4.43. The molecule has 0 atom stereocenters. The van der Waals surface area contributed by atoms with E-state index in [1.807, 2.05) is 12.1 Å². The fourth-order valence-corrected chi connectivity index (χ4v) is 2.64. The number of hydrogen-bond donors (Lipinski definition) is 2. The van der Waals surface area contributed by atoms with Crippen molar-refractivity contribution in [3.05, 3.63) is 34.9 Å². The van der Waals surface area contributed by atoms with Crippen LogP contribution < -0.4 is 10.6 Å². The second-order valence-electron chi connectivity index (χ2n) is 5.62. The number of hydrogen-bond acceptors (Lipinski definition) is 2. The highest BCUT2D eigenvalue weighted by Crippen LogP contribution is 2.47. The van der Waals surface area contributed by atoms with Crippen LogP contribution in [0.1, 0.15) is 47.7 Å². The number of rotatable bonds is 4. The van der Waals surface area contributed by atoms with E-state index in [1.165, 1.54) is 30.4 Å². The molecule has 2 N–H and O–H groups in total. The summed E-state index contributed by atoms with van der Waals surface area (Å²) in [6, 6.07) is 6.03. The quantitative estimate of drug-likeness (QED) is 0.890. The maximum Gasteiger partial charge on any atom is 0.251 e. The predicted octanol–water partition coefficient (Wildman–Crippen LogP) is 2.63. The van der Waals surface area contributed by atoms with Crippen molar-refractivity contribution in [2.24, 2.45) is 5.41 Å². The van der Waals surface area contributed by atoms with Gasteiger partial charge in [-0.1, -0.05) is 13.0 Å². The molecule has 1 aromatic carbocycles. The highest BCUT2D eigenvalue weighted by Gasteiger charge is 2.40. The van der Waals surface area contributed by atoms with Crippen molar-refractivity contribution < 1.29 is 4.79 Å². The number of nitrogens with one attached hydrogen (secondary N) is 2. The predicted molar refractivity (Wildman–Crippen MR) is 78.5 cm³/mol. The van der Waals surface area contributed by atoms with Crippen molar-refractivity contribution >= 4 is 18.3 Å². The zero-order chi connectivity index (χ0) is 12.6. The van der Waals surface area contributed by atoms with Gasteiger partial charge in [0.15, 0.2) is 0 Å². The monoisotopic (exact) mass is 280 g/mol. The Kier molecular flexibility index (Phi) is 4.16. The molecule has 4 heteroatoms. The Morgan fingerprint density at radius 3 is 2.74 bits per heavy atom. The number of carbonyl (C=O) groups is 1. The van der Waals surface area contributed by atoms with Gasteiger partial charge in [0, 0.05) is 25.2 Å². The topological polar surface area (TPSA) is 41.1 Å². The normalized spacial score (nSPS) is 18.4. The van der Waals surface area contributed by atoms with E-state index in [0.717, 1.165) is 25.2 Å². The fraction of sp³-hybridized carbons (Fsp3) is 0.533. The maximum atomic E-state index is 12.1. The van der Waals surface area contributed by atoms with E-state index in [-0.39, 0.29) is 18.3 Å². The molecule has 1 aliphatic carbocycles. The van der Waals surface area contributed by atoms with Gasteiger partial charge in [0.2, 0.25) is 0 Å². The Morgan fingerprint density at radius 2 is 2.05 bits per heavy atom. The summed E-state index contributed by atoms with van der Waals surface area (Å²) < 4.78 is 0. The molecule has 0 unspecified atom stereocenters. The highest BCUT2D eigenvalue weighted by atomic mass is 35.5. The van der Waals surface area contributed by atoms with Crippen molar-refractivity contribution in [1.82, 2.24) is 10.6 Å². The molecule has 3 nitrogen and oxygen atoms in total. The van der Waals surface area contributed by atoms with Gasteiger partial charge in [-0.15, -0.1) is 12.4 Å². The first-order chi connectivity index (χ1) is 8.72. The van der Waals surface area contributed by atoms with Gasteiger partial charge in [-0.25, -0.2) is 0 Å². The summed E-state index contributed by atoms with van der Waals surface area (Å²) in [5, 5.41) is 6.38. The van der Waals surface area contributed by atoms with Crippen LogP contribution in [0.3, 0.4) is 0 Å². The summed E-state index contributed by atoms with van der Waals surface area (Å²) in [4.78, 5) is 12.1. The molecule has 1 fully saturated rings. The number of carbonyl (C=O) groups excluding carboxylic acids is 1. The van der Waals surface area contributed by atoms with Crippen LogP contribution in [-0.2, 0) is 13.1 Å². The summed E-state index contributed by atoms with van der Waals surface area (Å²) >= 11 is 0. The molecule has 3 rings (SSSR count). The summed E-state index contributed by atoms with van der Waals surface area (Å²) in [6.07, 6.45) is 3.69. The molecule has 0 bridgehead atoms. The molecule has 0 spiro atoms. The minimum Gasteiger partial charge on any atom is -0.351 e. The van der Waals surface area contributed by atoms with Crippen LogP contribution in [-0.4, -0.2) is 12.5 Å². The summed E-state index contributed by atoms with van der Waals surface area (Å²) in [5.41, 5.74) is 3.79. The molecular weight excluding hydrogens is 260 g/mol. The first-order valence-electron chi connectivity index (χ1n) is 6.83. The lowest BCUT2D eigenvalue weighted by Gasteiger charge is -2.13. The molecule has 1 aromatic rings. The van der Waals surface area contributed by atoms with Crippen molar-refractivity contribution in [3.63, 3.8) is 0 Å². The lowest BCUT2D eigenvalue weighted by atomic mass is 10.0. The Labute approximate surface area is 120 Å². The first kappa shape index (κ1) is 14.4. The van der Waals surface area contributed by atoms with Crippen molar-refractivity contribution in [3.8, 4) is 0 Å². The van der Waals surface area contributed by atoms with Gasteiger partial charge in [0.1, 0.15) is 0 Å². The van der Waals surface area contributed by atoms with Crippen LogP contribution in [0.5, 0.6) is 0 Å². The Morgan fingerprint density at radius 1 is 1.32 bits per heavy atom. The Balaban J connectivity index is 0.00000133. The van der Waals surface area contributed by atoms with E-state index in [2.05, 4.69) is 23.6 Å². The largest absolute Gasteiger partial charge is 0.351 e. The smallest absolute Gasteiger partial charge is 0.251 e. The minimum absolute atomic E-state index is 0. The third kappa shape index (κ3) is 2.93. The van der Waals surface area contributed by atoms with Crippen LogP contribution in [0, 0.1) is 5.41 Å². The van der Waals surface area contributed by atoms with E-state index >= 15 is 0 Å².